The van der Waals surface area contributed by atoms with Gasteiger partial charge in [-0.05, 0) is 58.7 Å². The quantitative estimate of drug-likeness (QED) is 0.601. The molecular formula is C23H31N3O5. The van der Waals surface area contributed by atoms with Crippen LogP contribution < -0.4 is 18.9 Å². The molecule has 0 spiro atoms. The van der Waals surface area contributed by atoms with E-state index in [0.29, 0.717) is 61.6 Å². The monoisotopic (exact) mass is 429 g/mol. The molecule has 168 valence electrons. The van der Waals surface area contributed by atoms with Crippen LogP contribution in [0.3, 0.4) is 0 Å². The number of aromatic nitrogens is 2. The summed E-state index contributed by atoms with van der Waals surface area (Å²) < 4.78 is 23.2. The second-order valence-electron chi connectivity index (χ2n) is 7.25. The first kappa shape index (κ1) is 22.7. The van der Waals surface area contributed by atoms with Gasteiger partial charge in [-0.3, -0.25) is 4.79 Å². The number of carbonyl (C=O) groups is 1. The van der Waals surface area contributed by atoms with E-state index in [0.717, 1.165) is 18.5 Å². The van der Waals surface area contributed by atoms with Crippen LogP contribution in [0.5, 0.6) is 23.1 Å². The van der Waals surface area contributed by atoms with Crippen molar-refractivity contribution in [3.8, 4) is 23.1 Å². The molecule has 0 saturated carbocycles. The van der Waals surface area contributed by atoms with Gasteiger partial charge in [0.15, 0.2) is 11.5 Å². The summed E-state index contributed by atoms with van der Waals surface area (Å²) in [4.78, 5) is 15.1. The van der Waals surface area contributed by atoms with Crippen LogP contribution in [-0.2, 0) is 0 Å². The van der Waals surface area contributed by atoms with Crippen molar-refractivity contribution in [3.05, 3.63) is 35.5 Å². The lowest BCUT2D eigenvalue weighted by Gasteiger charge is -2.32. The Labute approximate surface area is 183 Å². The van der Waals surface area contributed by atoms with Gasteiger partial charge in [0.2, 0.25) is 11.6 Å². The molecule has 8 nitrogen and oxygen atoms in total. The number of hydrogen-bond donors (Lipinski definition) is 0. The van der Waals surface area contributed by atoms with Crippen LogP contribution >= 0.6 is 0 Å². The highest BCUT2D eigenvalue weighted by Crippen LogP contribution is 2.39. The third-order valence-electron chi connectivity index (χ3n) is 4.88. The Morgan fingerprint density at radius 3 is 2.29 bits per heavy atom. The molecule has 0 aliphatic carbocycles. The number of benzene rings is 1. The molecule has 1 aliphatic heterocycles. The number of nitrogens with zero attached hydrogens (tertiary/aromatic N) is 3. The van der Waals surface area contributed by atoms with Gasteiger partial charge >= 0.3 is 0 Å². The molecule has 1 atom stereocenters. The third-order valence-corrected chi connectivity index (χ3v) is 4.88. The maximum Gasteiger partial charge on any atom is 0.254 e. The lowest BCUT2D eigenvalue weighted by molar-refractivity contribution is 0.0524. The largest absolute Gasteiger partial charge is 0.490 e. The standard InChI is InChI=1S/C23H31N3O5/c1-5-28-19-13-17(14-20(29-6-2)22(19)30-7-3)23(27)26-12-8-9-18(15-26)31-21-11-10-16(4)24-25-21/h10-11,13-14,18H,5-9,12,15H2,1-4H3. The first-order valence-electron chi connectivity index (χ1n) is 10.9. The summed E-state index contributed by atoms with van der Waals surface area (Å²) in [6.07, 6.45) is 1.58. The summed E-state index contributed by atoms with van der Waals surface area (Å²) in [5.41, 5.74) is 1.34. The summed E-state index contributed by atoms with van der Waals surface area (Å²) in [6.45, 7) is 10.1. The minimum Gasteiger partial charge on any atom is -0.490 e. The molecule has 8 heteroatoms. The van der Waals surface area contributed by atoms with Gasteiger partial charge < -0.3 is 23.8 Å². The van der Waals surface area contributed by atoms with Crippen LogP contribution in [0, 0.1) is 6.92 Å². The van der Waals surface area contributed by atoms with Crippen LogP contribution in [-0.4, -0.2) is 60.0 Å². The van der Waals surface area contributed by atoms with Crippen molar-refractivity contribution in [2.45, 2.75) is 46.6 Å². The third kappa shape index (κ3) is 5.77. The fourth-order valence-electron chi connectivity index (χ4n) is 3.53. The number of likely N-dealkylation sites (tertiary alicyclic amines) is 1. The zero-order valence-electron chi connectivity index (χ0n) is 18.7. The number of amides is 1. The molecule has 1 saturated heterocycles. The van der Waals surface area contributed by atoms with Crippen LogP contribution in [0.1, 0.15) is 49.7 Å². The van der Waals surface area contributed by atoms with Gasteiger partial charge in [-0.2, -0.15) is 5.10 Å². The summed E-state index contributed by atoms with van der Waals surface area (Å²) in [5.74, 6) is 1.94. The smallest absolute Gasteiger partial charge is 0.254 e. The van der Waals surface area contributed by atoms with Crippen LogP contribution in [0.25, 0.3) is 0 Å². The average molecular weight is 430 g/mol. The molecule has 3 rings (SSSR count). The van der Waals surface area contributed by atoms with E-state index in [1.165, 1.54) is 0 Å². The van der Waals surface area contributed by atoms with Gasteiger partial charge in [-0.15, -0.1) is 5.10 Å². The summed E-state index contributed by atoms with van der Waals surface area (Å²) in [6, 6.07) is 7.13. The highest BCUT2D eigenvalue weighted by molar-refractivity contribution is 5.95. The van der Waals surface area contributed by atoms with Crippen molar-refractivity contribution in [3.63, 3.8) is 0 Å². The van der Waals surface area contributed by atoms with Crippen molar-refractivity contribution in [2.24, 2.45) is 0 Å². The Kier molecular flexibility index (Phi) is 7.92. The lowest BCUT2D eigenvalue weighted by Crippen LogP contribution is -2.44. The van der Waals surface area contributed by atoms with Gasteiger partial charge in [0.05, 0.1) is 32.1 Å². The fourth-order valence-corrected chi connectivity index (χ4v) is 3.53. The SMILES string of the molecule is CCOc1cc(C(=O)N2CCCC(Oc3ccc(C)nn3)C2)cc(OCC)c1OCC. The molecule has 1 aromatic heterocycles. The predicted octanol–water partition coefficient (Wildman–Crippen LogP) is 3.66. The minimum absolute atomic E-state index is 0.0896. The van der Waals surface area contributed by atoms with E-state index in [4.69, 9.17) is 18.9 Å². The van der Waals surface area contributed by atoms with E-state index in [1.54, 1.807) is 23.1 Å². The van der Waals surface area contributed by atoms with Gasteiger partial charge in [-0.25, -0.2) is 0 Å². The normalized spacial score (nSPS) is 16.0. The van der Waals surface area contributed by atoms with Gasteiger partial charge in [0.1, 0.15) is 6.10 Å². The Morgan fingerprint density at radius 2 is 1.71 bits per heavy atom. The van der Waals surface area contributed by atoms with Crippen molar-refractivity contribution >= 4 is 5.91 Å². The molecule has 0 radical (unpaired) electrons. The van der Waals surface area contributed by atoms with Gasteiger partial charge in [0.25, 0.3) is 5.91 Å². The maximum absolute atomic E-state index is 13.3. The highest BCUT2D eigenvalue weighted by atomic mass is 16.5. The number of carbonyl (C=O) groups excluding carboxylic acids is 1. The Balaban J connectivity index is 1.79. The number of ether oxygens (including phenoxy) is 4. The number of rotatable bonds is 9. The second kappa shape index (κ2) is 10.8. The van der Waals surface area contributed by atoms with E-state index in [2.05, 4.69) is 10.2 Å². The van der Waals surface area contributed by atoms with Crippen molar-refractivity contribution < 1.29 is 23.7 Å². The average Bonchev–Trinajstić information content (AvgIpc) is 2.77. The summed E-state index contributed by atoms with van der Waals surface area (Å²) >= 11 is 0. The number of aryl methyl sites for hydroxylation is 1. The van der Waals surface area contributed by atoms with Crippen molar-refractivity contribution in [1.29, 1.82) is 0 Å². The fraction of sp³-hybridized carbons (Fsp3) is 0.522. The molecule has 1 unspecified atom stereocenters. The topological polar surface area (TPSA) is 83.0 Å². The van der Waals surface area contributed by atoms with E-state index < -0.39 is 0 Å². The molecule has 0 N–H and O–H groups in total. The zero-order valence-corrected chi connectivity index (χ0v) is 18.7. The van der Waals surface area contributed by atoms with E-state index >= 15 is 0 Å². The Bertz CT molecular complexity index is 845. The highest BCUT2D eigenvalue weighted by Gasteiger charge is 2.28. The number of hydrogen-bond acceptors (Lipinski definition) is 7. The van der Waals surface area contributed by atoms with Crippen molar-refractivity contribution in [1.82, 2.24) is 15.1 Å². The number of piperidine rings is 1. The van der Waals surface area contributed by atoms with E-state index in [-0.39, 0.29) is 12.0 Å². The molecular weight excluding hydrogens is 398 g/mol. The molecule has 1 fully saturated rings. The lowest BCUT2D eigenvalue weighted by atomic mass is 10.1. The Hall–Kier alpha value is -3.03. The molecule has 1 amide bonds. The van der Waals surface area contributed by atoms with E-state index in [1.807, 2.05) is 33.8 Å². The van der Waals surface area contributed by atoms with Crippen LogP contribution in [0.2, 0.25) is 0 Å². The van der Waals surface area contributed by atoms with Gasteiger partial charge in [0, 0.05) is 18.2 Å². The molecule has 1 aromatic carbocycles. The first-order chi connectivity index (χ1) is 15.0. The first-order valence-corrected chi connectivity index (χ1v) is 10.9. The zero-order chi connectivity index (χ0) is 22.2. The van der Waals surface area contributed by atoms with Gasteiger partial charge in [-0.1, -0.05) is 0 Å². The molecule has 2 heterocycles. The molecule has 2 aromatic rings. The maximum atomic E-state index is 13.3. The van der Waals surface area contributed by atoms with Crippen molar-refractivity contribution in [2.75, 3.05) is 32.9 Å². The molecule has 31 heavy (non-hydrogen) atoms. The summed E-state index contributed by atoms with van der Waals surface area (Å²) in [7, 11) is 0. The summed E-state index contributed by atoms with van der Waals surface area (Å²) in [5, 5.41) is 8.10. The second-order valence-corrected chi connectivity index (χ2v) is 7.25. The Morgan fingerprint density at radius 1 is 1.03 bits per heavy atom. The van der Waals surface area contributed by atoms with Crippen LogP contribution in [0.4, 0.5) is 0 Å². The minimum atomic E-state index is -0.130. The van der Waals surface area contributed by atoms with E-state index in [9.17, 15) is 4.79 Å². The molecule has 0 bridgehead atoms. The molecule has 1 aliphatic rings. The van der Waals surface area contributed by atoms with Crippen LogP contribution in [0.15, 0.2) is 24.3 Å². The predicted molar refractivity (Wildman–Crippen MR) is 116 cm³/mol.